The first kappa shape index (κ1) is 11.2. The lowest BCUT2D eigenvalue weighted by molar-refractivity contribution is -0.0114. The summed E-state index contributed by atoms with van der Waals surface area (Å²) in [6, 6.07) is 11.1. The molecular formula is C14H14O4. The average molecular weight is 246 g/mol. The number of rotatable bonds is 3. The quantitative estimate of drug-likeness (QED) is 0.900. The molecule has 2 heterocycles. The van der Waals surface area contributed by atoms with Crippen molar-refractivity contribution in [2.45, 2.75) is 18.6 Å². The summed E-state index contributed by atoms with van der Waals surface area (Å²) >= 11 is 0. The Balaban J connectivity index is 1.68. The molecule has 2 unspecified atom stereocenters. The van der Waals surface area contributed by atoms with Crippen LogP contribution >= 0.6 is 0 Å². The summed E-state index contributed by atoms with van der Waals surface area (Å²) in [4.78, 5) is 0. The van der Waals surface area contributed by atoms with Crippen molar-refractivity contribution >= 4 is 0 Å². The fraction of sp³-hybridized carbons (Fsp3) is 0.286. The lowest BCUT2D eigenvalue weighted by Gasteiger charge is -2.29. The van der Waals surface area contributed by atoms with E-state index in [9.17, 15) is 5.11 Å². The highest BCUT2D eigenvalue weighted by Crippen LogP contribution is 2.31. The number of furan rings is 1. The van der Waals surface area contributed by atoms with Gasteiger partial charge in [-0.2, -0.15) is 0 Å². The van der Waals surface area contributed by atoms with E-state index < -0.39 is 6.10 Å². The van der Waals surface area contributed by atoms with Gasteiger partial charge < -0.3 is 19.0 Å². The first-order valence-electron chi connectivity index (χ1n) is 5.92. The van der Waals surface area contributed by atoms with Gasteiger partial charge in [-0.15, -0.1) is 0 Å². The number of fused-ring (bicyclic) bond motifs is 1. The summed E-state index contributed by atoms with van der Waals surface area (Å²) in [5.41, 5.74) is 0. The van der Waals surface area contributed by atoms with E-state index in [1.165, 1.54) is 0 Å². The number of aliphatic hydroxyl groups is 1. The molecule has 18 heavy (non-hydrogen) atoms. The van der Waals surface area contributed by atoms with Crippen molar-refractivity contribution in [1.29, 1.82) is 0 Å². The number of hydrogen-bond acceptors (Lipinski definition) is 4. The van der Waals surface area contributed by atoms with Crippen molar-refractivity contribution in [3.63, 3.8) is 0 Å². The van der Waals surface area contributed by atoms with Gasteiger partial charge >= 0.3 is 0 Å². The van der Waals surface area contributed by atoms with Crippen molar-refractivity contribution < 1.29 is 19.0 Å². The van der Waals surface area contributed by atoms with E-state index in [1.54, 1.807) is 12.3 Å². The summed E-state index contributed by atoms with van der Waals surface area (Å²) in [5.74, 6) is 2.14. The van der Waals surface area contributed by atoms with Crippen LogP contribution in [-0.2, 0) is 6.42 Å². The summed E-state index contributed by atoms with van der Waals surface area (Å²) in [6.07, 6.45) is 0.994. The first-order valence-corrected chi connectivity index (χ1v) is 5.92. The number of aliphatic hydroxyl groups excluding tert-OH is 1. The SMILES string of the molecule is OC(Cc1ccco1)C1COc2ccccc2O1. The predicted molar refractivity (Wildman–Crippen MR) is 64.8 cm³/mol. The van der Waals surface area contributed by atoms with E-state index in [1.807, 2.05) is 30.3 Å². The highest BCUT2D eigenvalue weighted by Gasteiger charge is 2.28. The Morgan fingerprint density at radius 3 is 2.78 bits per heavy atom. The normalized spacial score (nSPS) is 19.5. The fourth-order valence-corrected chi connectivity index (χ4v) is 1.99. The van der Waals surface area contributed by atoms with E-state index in [-0.39, 0.29) is 6.10 Å². The minimum atomic E-state index is -0.649. The monoisotopic (exact) mass is 246 g/mol. The van der Waals surface area contributed by atoms with E-state index in [2.05, 4.69) is 0 Å². The van der Waals surface area contributed by atoms with Gasteiger partial charge in [-0.05, 0) is 24.3 Å². The number of hydrogen-bond donors (Lipinski definition) is 1. The molecule has 1 N–H and O–H groups in total. The second-order valence-electron chi connectivity index (χ2n) is 4.26. The zero-order valence-electron chi connectivity index (χ0n) is 9.78. The van der Waals surface area contributed by atoms with Crippen LogP contribution in [0.2, 0.25) is 0 Å². The van der Waals surface area contributed by atoms with Gasteiger partial charge in [-0.3, -0.25) is 0 Å². The van der Waals surface area contributed by atoms with Crippen molar-refractivity contribution in [3.8, 4) is 11.5 Å². The molecule has 1 aromatic carbocycles. The minimum Gasteiger partial charge on any atom is -0.486 e. The molecule has 1 aliphatic heterocycles. The largest absolute Gasteiger partial charge is 0.486 e. The van der Waals surface area contributed by atoms with Gasteiger partial charge in [0.1, 0.15) is 18.5 Å². The van der Waals surface area contributed by atoms with Crippen LogP contribution in [0.15, 0.2) is 47.1 Å². The Labute approximate surface area is 105 Å². The van der Waals surface area contributed by atoms with Gasteiger partial charge in [0, 0.05) is 6.42 Å². The summed E-state index contributed by atoms with van der Waals surface area (Å²) in [7, 11) is 0. The molecule has 0 bridgehead atoms. The van der Waals surface area contributed by atoms with E-state index >= 15 is 0 Å². The Bertz CT molecular complexity index is 506. The summed E-state index contributed by atoms with van der Waals surface area (Å²) in [5, 5.41) is 10.1. The molecule has 1 aromatic heterocycles. The minimum absolute atomic E-state index is 0.346. The fourth-order valence-electron chi connectivity index (χ4n) is 1.99. The zero-order chi connectivity index (χ0) is 12.4. The van der Waals surface area contributed by atoms with E-state index in [0.29, 0.717) is 18.8 Å². The third kappa shape index (κ3) is 2.19. The Hall–Kier alpha value is -1.94. The number of benzene rings is 1. The Morgan fingerprint density at radius 2 is 2.00 bits per heavy atom. The van der Waals surface area contributed by atoms with Crippen LogP contribution in [0.4, 0.5) is 0 Å². The van der Waals surface area contributed by atoms with Crippen LogP contribution < -0.4 is 9.47 Å². The Kier molecular flexibility index (Phi) is 2.94. The molecular weight excluding hydrogens is 232 g/mol. The molecule has 0 spiro atoms. The molecule has 0 saturated carbocycles. The molecule has 1 aliphatic rings. The molecule has 4 heteroatoms. The van der Waals surface area contributed by atoms with Gasteiger partial charge in [-0.25, -0.2) is 0 Å². The molecule has 0 fully saturated rings. The summed E-state index contributed by atoms with van der Waals surface area (Å²) < 4.78 is 16.5. The second kappa shape index (κ2) is 4.74. The van der Waals surface area contributed by atoms with Crippen molar-refractivity contribution in [1.82, 2.24) is 0 Å². The third-order valence-corrected chi connectivity index (χ3v) is 2.95. The number of ether oxygens (including phenoxy) is 2. The molecule has 94 valence electrons. The molecule has 2 atom stereocenters. The highest BCUT2D eigenvalue weighted by molar-refractivity contribution is 5.40. The van der Waals surface area contributed by atoms with Crippen LogP contribution in [0.1, 0.15) is 5.76 Å². The van der Waals surface area contributed by atoms with E-state index in [0.717, 1.165) is 11.5 Å². The average Bonchev–Trinajstić information content (AvgIpc) is 2.91. The maximum absolute atomic E-state index is 10.1. The lowest BCUT2D eigenvalue weighted by Crippen LogP contribution is -2.40. The van der Waals surface area contributed by atoms with Gasteiger partial charge in [0.25, 0.3) is 0 Å². The van der Waals surface area contributed by atoms with Crippen LogP contribution in [0, 0.1) is 0 Å². The van der Waals surface area contributed by atoms with E-state index in [4.69, 9.17) is 13.9 Å². The van der Waals surface area contributed by atoms with Gasteiger partial charge in [0.15, 0.2) is 17.6 Å². The third-order valence-electron chi connectivity index (χ3n) is 2.95. The first-order chi connectivity index (χ1) is 8.83. The topological polar surface area (TPSA) is 51.8 Å². The summed E-state index contributed by atoms with van der Waals surface area (Å²) in [6.45, 7) is 0.346. The van der Waals surface area contributed by atoms with Crippen LogP contribution in [0.5, 0.6) is 11.5 Å². The molecule has 0 saturated heterocycles. The lowest BCUT2D eigenvalue weighted by atomic mass is 10.1. The number of para-hydroxylation sites is 2. The zero-order valence-corrected chi connectivity index (χ0v) is 9.78. The van der Waals surface area contributed by atoms with Crippen molar-refractivity contribution in [3.05, 3.63) is 48.4 Å². The van der Waals surface area contributed by atoms with Crippen LogP contribution in [0.3, 0.4) is 0 Å². The van der Waals surface area contributed by atoms with Gasteiger partial charge in [0.05, 0.1) is 6.26 Å². The molecule has 0 amide bonds. The Morgan fingerprint density at radius 1 is 1.17 bits per heavy atom. The van der Waals surface area contributed by atoms with Crippen molar-refractivity contribution in [2.24, 2.45) is 0 Å². The molecule has 2 aromatic rings. The van der Waals surface area contributed by atoms with Gasteiger partial charge in [-0.1, -0.05) is 12.1 Å². The molecule has 3 rings (SSSR count). The highest BCUT2D eigenvalue weighted by atomic mass is 16.6. The van der Waals surface area contributed by atoms with Gasteiger partial charge in [0.2, 0.25) is 0 Å². The standard InChI is InChI=1S/C14H14O4/c15-11(8-10-4-3-7-16-10)14-9-17-12-5-1-2-6-13(12)18-14/h1-7,11,14-15H,8-9H2. The smallest absolute Gasteiger partial charge is 0.161 e. The van der Waals surface area contributed by atoms with Crippen molar-refractivity contribution in [2.75, 3.05) is 6.61 Å². The maximum Gasteiger partial charge on any atom is 0.161 e. The predicted octanol–water partition coefficient (Wildman–Crippen LogP) is 2.02. The molecule has 4 nitrogen and oxygen atoms in total. The maximum atomic E-state index is 10.1. The van der Waals surface area contributed by atoms with Crippen LogP contribution in [-0.4, -0.2) is 23.9 Å². The second-order valence-corrected chi connectivity index (χ2v) is 4.26. The molecule has 0 radical (unpaired) electrons. The van der Waals surface area contributed by atoms with Crippen LogP contribution in [0.25, 0.3) is 0 Å². The molecule has 0 aliphatic carbocycles.